The van der Waals surface area contributed by atoms with Crippen LogP contribution in [0.3, 0.4) is 0 Å². The second-order valence-electron chi connectivity index (χ2n) is 16.4. The molecular formula is C49H42F4N10O4. The van der Waals surface area contributed by atoms with Crippen molar-refractivity contribution in [3.63, 3.8) is 0 Å². The van der Waals surface area contributed by atoms with Gasteiger partial charge >= 0.3 is 0 Å². The average molecular weight is 911 g/mol. The number of hydrogen-bond acceptors (Lipinski definition) is 10. The number of hydrogen-bond donors (Lipinski definition) is 4. The maximum absolute atomic E-state index is 14.2. The number of fused-ring (bicyclic) bond motifs is 6. The molecule has 5 aromatic heterocycles. The lowest BCUT2D eigenvalue weighted by atomic mass is 10.1. The third kappa shape index (κ3) is 9.07. The van der Waals surface area contributed by atoms with Gasteiger partial charge in [-0.05, 0) is 68.5 Å². The number of imidazole rings is 2. The highest BCUT2D eigenvalue weighted by molar-refractivity contribution is 5.96. The van der Waals surface area contributed by atoms with Gasteiger partial charge in [-0.2, -0.15) is 0 Å². The van der Waals surface area contributed by atoms with Gasteiger partial charge < -0.3 is 30.4 Å². The van der Waals surface area contributed by atoms with Gasteiger partial charge in [0.05, 0.1) is 58.7 Å². The van der Waals surface area contributed by atoms with E-state index < -0.39 is 23.3 Å². The van der Waals surface area contributed by atoms with E-state index in [-0.39, 0.29) is 29.4 Å². The summed E-state index contributed by atoms with van der Waals surface area (Å²) in [5, 5.41) is 12.3. The number of carbonyl (C=O) groups is 2. The van der Waals surface area contributed by atoms with Crippen LogP contribution in [0.25, 0.3) is 55.9 Å². The van der Waals surface area contributed by atoms with E-state index in [1.54, 1.807) is 64.9 Å². The number of ether oxygens (including phenoxy) is 1. The molecule has 340 valence electrons. The number of methoxy groups -OCH3 is 1. The van der Waals surface area contributed by atoms with Gasteiger partial charge in [-0.3, -0.25) is 18.4 Å². The van der Waals surface area contributed by atoms with E-state index >= 15 is 0 Å². The fourth-order valence-corrected chi connectivity index (χ4v) is 7.68. The lowest BCUT2D eigenvalue weighted by Crippen LogP contribution is -2.25. The summed E-state index contributed by atoms with van der Waals surface area (Å²) in [6.45, 7) is 1.51. The third-order valence-corrected chi connectivity index (χ3v) is 11.5. The molecule has 0 atom stereocenters. The van der Waals surface area contributed by atoms with Gasteiger partial charge in [0.1, 0.15) is 5.76 Å². The fraction of sp³-hybridized carbons (Fsp3) is 0.224. The molecule has 14 nitrogen and oxygen atoms in total. The van der Waals surface area contributed by atoms with Crippen LogP contribution in [0.15, 0.2) is 108 Å². The number of furan rings is 1. The summed E-state index contributed by atoms with van der Waals surface area (Å²) < 4.78 is 70.3. The minimum atomic E-state index is -0.982. The van der Waals surface area contributed by atoms with Crippen LogP contribution in [-0.2, 0) is 11.3 Å². The molecule has 4 aromatic carbocycles. The van der Waals surface area contributed by atoms with Crippen molar-refractivity contribution in [2.45, 2.75) is 50.7 Å². The first-order valence-electron chi connectivity index (χ1n) is 21.8. The number of amides is 2. The molecule has 2 saturated carbocycles. The zero-order chi connectivity index (χ0) is 46.2. The Morgan fingerprint density at radius 1 is 0.672 bits per heavy atom. The molecule has 18 heteroatoms. The predicted molar refractivity (Wildman–Crippen MR) is 244 cm³/mol. The van der Waals surface area contributed by atoms with Gasteiger partial charge in [-0.15, -0.1) is 0 Å². The van der Waals surface area contributed by atoms with E-state index in [2.05, 4.69) is 41.2 Å². The SMILES string of the molecule is COCCCNc1nc2cc(F)c(F)cc2n2c(-c3ccc(C(=O)NC4CC4)cc3)cnc12.O=C(NC1CC1)c1ccc(-c2cnc3c(NCc4ccco4)nc4cc(F)c(F)cc4n23)cc1. The summed E-state index contributed by atoms with van der Waals surface area (Å²) in [6, 6.07) is 22.8. The first-order chi connectivity index (χ1) is 32.6. The summed E-state index contributed by atoms with van der Waals surface area (Å²) >= 11 is 0. The van der Waals surface area contributed by atoms with Gasteiger partial charge in [-0.25, -0.2) is 37.5 Å². The average Bonchev–Trinajstić information content (AvgIpc) is 4.15. The molecule has 0 saturated heterocycles. The van der Waals surface area contributed by atoms with E-state index in [0.29, 0.717) is 87.5 Å². The molecule has 9 aromatic rings. The van der Waals surface area contributed by atoms with Crippen LogP contribution >= 0.6 is 0 Å². The standard InChI is InChI=1S/C25H19F2N5O2.C24H23F2N5O2/c26-18-10-20-21(11-19(18)27)32-22(14-3-5-15(6-4-14)25(33)30-16-7-8-16)13-29-24(32)23(31-20)28-12-17-2-1-9-34-17;1-33-10-2-9-27-22-23-28-13-21(31(23)20-12-18(26)17(25)11-19(20)30-22)14-3-5-15(6-4-14)24(32)29-16-7-8-16/h1-6,9-11,13,16H,7-8,12H2,(H,28,31)(H,30,33);3-6,11-13,16H,2,7-10H2,1H3,(H,27,30)(H,29,32). The molecule has 0 radical (unpaired) electrons. The molecule has 11 rings (SSSR count). The largest absolute Gasteiger partial charge is 0.467 e. The Bertz CT molecular complexity index is 3300. The van der Waals surface area contributed by atoms with Gasteiger partial charge in [0.25, 0.3) is 11.8 Å². The highest BCUT2D eigenvalue weighted by atomic mass is 19.2. The highest BCUT2D eigenvalue weighted by Crippen LogP contribution is 2.32. The van der Waals surface area contributed by atoms with Gasteiger partial charge in [0.2, 0.25) is 0 Å². The van der Waals surface area contributed by atoms with E-state index in [9.17, 15) is 27.2 Å². The lowest BCUT2D eigenvalue weighted by molar-refractivity contribution is 0.0942. The zero-order valence-electron chi connectivity index (χ0n) is 36.0. The maximum atomic E-state index is 14.2. The van der Waals surface area contributed by atoms with Crippen LogP contribution in [-0.4, -0.2) is 72.9 Å². The molecule has 0 unspecified atom stereocenters. The molecule has 0 bridgehead atoms. The molecule has 5 heterocycles. The second-order valence-corrected chi connectivity index (χ2v) is 16.4. The summed E-state index contributed by atoms with van der Waals surface area (Å²) in [5.74, 6) is -2.52. The van der Waals surface area contributed by atoms with E-state index in [1.807, 2.05) is 30.3 Å². The van der Waals surface area contributed by atoms with Gasteiger partial charge in [-0.1, -0.05) is 24.3 Å². The minimum absolute atomic E-state index is 0.100. The van der Waals surface area contributed by atoms with Crippen LogP contribution in [0.1, 0.15) is 58.6 Å². The Labute approximate surface area is 379 Å². The summed E-state index contributed by atoms with van der Waals surface area (Å²) in [5.41, 5.74) is 6.31. The first kappa shape index (κ1) is 43.1. The molecule has 67 heavy (non-hydrogen) atoms. The third-order valence-electron chi connectivity index (χ3n) is 11.5. The highest BCUT2D eigenvalue weighted by Gasteiger charge is 2.25. The van der Waals surface area contributed by atoms with Crippen LogP contribution in [0.4, 0.5) is 29.2 Å². The Balaban J connectivity index is 0.000000157. The van der Waals surface area contributed by atoms with Gasteiger partial charge in [0, 0.05) is 78.9 Å². The summed E-state index contributed by atoms with van der Waals surface area (Å²) in [7, 11) is 1.63. The smallest absolute Gasteiger partial charge is 0.251 e. The minimum Gasteiger partial charge on any atom is -0.467 e. The monoisotopic (exact) mass is 910 g/mol. The Morgan fingerprint density at radius 2 is 1.15 bits per heavy atom. The fourth-order valence-electron chi connectivity index (χ4n) is 7.68. The number of nitrogens with one attached hydrogen (secondary N) is 4. The van der Waals surface area contributed by atoms with Crippen molar-refractivity contribution in [2.24, 2.45) is 0 Å². The predicted octanol–water partition coefficient (Wildman–Crippen LogP) is 9.09. The first-order valence-corrected chi connectivity index (χ1v) is 21.8. The van der Waals surface area contributed by atoms with Crippen molar-refractivity contribution in [3.05, 3.63) is 144 Å². The maximum Gasteiger partial charge on any atom is 0.251 e. The Morgan fingerprint density at radius 3 is 1.60 bits per heavy atom. The van der Waals surface area contributed by atoms with Crippen LogP contribution in [0.2, 0.25) is 0 Å². The van der Waals surface area contributed by atoms with E-state index in [4.69, 9.17) is 9.15 Å². The van der Waals surface area contributed by atoms with Crippen molar-refractivity contribution in [3.8, 4) is 22.5 Å². The van der Waals surface area contributed by atoms with Crippen molar-refractivity contribution < 1.29 is 36.3 Å². The van der Waals surface area contributed by atoms with E-state index in [0.717, 1.165) is 67.5 Å². The quantitative estimate of drug-likeness (QED) is 0.0611. The molecule has 4 N–H and O–H groups in total. The number of nitrogens with zero attached hydrogens (tertiary/aromatic N) is 6. The number of anilines is 2. The number of benzene rings is 4. The van der Waals surface area contributed by atoms with Crippen LogP contribution in [0, 0.1) is 23.3 Å². The molecule has 2 aliphatic rings. The zero-order valence-corrected chi connectivity index (χ0v) is 36.0. The van der Waals surface area contributed by atoms with Gasteiger partial charge in [0.15, 0.2) is 46.2 Å². The number of carbonyl (C=O) groups excluding carboxylic acids is 2. The van der Waals surface area contributed by atoms with Crippen LogP contribution in [0.5, 0.6) is 0 Å². The lowest BCUT2D eigenvalue weighted by Gasteiger charge is -2.12. The normalized spacial score (nSPS) is 13.5. The number of aromatic nitrogens is 6. The van der Waals surface area contributed by atoms with E-state index in [1.165, 1.54) is 0 Å². The van der Waals surface area contributed by atoms with Crippen molar-refractivity contribution in [1.82, 2.24) is 39.4 Å². The van der Waals surface area contributed by atoms with Crippen molar-refractivity contribution in [1.29, 1.82) is 0 Å². The Kier molecular flexibility index (Phi) is 11.7. The summed E-state index contributed by atoms with van der Waals surface area (Å²) in [6.07, 6.45) is 9.70. The number of rotatable bonds is 14. The molecule has 0 aliphatic heterocycles. The molecule has 2 amide bonds. The molecule has 2 fully saturated rings. The van der Waals surface area contributed by atoms with Crippen molar-refractivity contribution in [2.75, 3.05) is 30.9 Å². The topological polar surface area (TPSA) is 165 Å². The van der Waals surface area contributed by atoms with Crippen LogP contribution < -0.4 is 21.3 Å². The molecular weight excluding hydrogens is 869 g/mol. The van der Waals surface area contributed by atoms with Crippen molar-refractivity contribution >= 4 is 56.8 Å². The molecule has 0 spiro atoms. The summed E-state index contributed by atoms with van der Waals surface area (Å²) in [4.78, 5) is 42.6. The molecule has 2 aliphatic carbocycles. The Hall–Kier alpha value is -7.86. The number of halogens is 4. The second kappa shape index (κ2) is 18.2.